The third-order valence-electron chi connectivity index (χ3n) is 2.05. The molecule has 0 fully saturated rings. The molecule has 0 unspecified atom stereocenters. The van der Waals surface area contributed by atoms with Crippen molar-refractivity contribution >= 4 is 33.0 Å². The highest BCUT2D eigenvalue weighted by atomic mass is 35.5. The standard InChI is InChI=1S/C9H7Cl2N3O2S/c10-7-2-1-6(8(11)3-7)4-17(15,16)9-12-5-13-14-9/h1-3,5H,4H2,(H,12,13,14). The molecule has 90 valence electrons. The van der Waals surface area contributed by atoms with Crippen LogP contribution in [0, 0.1) is 0 Å². The van der Waals surface area contributed by atoms with Crippen molar-refractivity contribution in [2.24, 2.45) is 0 Å². The van der Waals surface area contributed by atoms with Crippen LogP contribution >= 0.6 is 23.2 Å². The van der Waals surface area contributed by atoms with Crippen molar-refractivity contribution in [3.63, 3.8) is 0 Å². The average molecular weight is 292 g/mol. The summed E-state index contributed by atoms with van der Waals surface area (Å²) in [5.74, 6) is -0.252. The third-order valence-corrected chi connectivity index (χ3v) is 4.11. The van der Waals surface area contributed by atoms with E-state index < -0.39 is 9.84 Å². The summed E-state index contributed by atoms with van der Waals surface area (Å²) in [7, 11) is -3.56. The number of halogens is 2. The van der Waals surface area contributed by atoms with Crippen LogP contribution in [0.4, 0.5) is 0 Å². The fourth-order valence-corrected chi connectivity index (χ4v) is 3.01. The average Bonchev–Trinajstić information content (AvgIpc) is 2.76. The van der Waals surface area contributed by atoms with Crippen molar-refractivity contribution in [1.82, 2.24) is 15.2 Å². The second kappa shape index (κ2) is 4.64. The SMILES string of the molecule is O=S(=O)(Cc1ccc(Cl)cc1Cl)c1ncn[nH]1. The van der Waals surface area contributed by atoms with E-state index in [1.54, 1.807) is 12.1 Å². The number of H-pyrrole nitrogens is 1. The molecule has 2 aromatic rings. The van der Waals surface area contributed by atoms with Crippen LogP contribution in [0.1, 0.15) is 5.56 Å². The number of nitrogens with zero attached hydrogens (tertiary/aromatic N) is 2. The minimum Gasteiger partial charge on any atom is -0.250 e. The number of benzene rings is 1. The Hall–Kier alpha value is -1.11. The van der Waals surface area contributed by atoms with E-state index in [4.69, 9.17) is 23.2 Å². The van der Waals surface area contributed by atoms with Gasteiger partial charge in [0.2, 0.25) is 15.0 Å². The van der Waals surface area contributed by atoms with E-state index in [9.17, 15) is 8.42 Å². The Bertz CT molecular complexity index is 626. The number of nitrogens with one attached hydrogen (secondary N) is 1. The molecule has 1 aromatic heterocycles. The predicted molar refractivity (Wildman–Crippen MR) is 63.7 cm³/mol. The topological polar surface area (TPSA) is 75.7 Å². The zero-order valence-electron chi connectivity index (χ0n) is 8.39. The number of hydrogen-bond acceptors (Lipinski definition) is 4. The second-order valence-electron chi connectivity index (χ2n) is 3.29. The molecule has 5 nitrogen and oxygen atoms in total. The number of hydrogen-bond donors (Lipinski definition) is 1. The van der Waals surface area contributed by atoms with Crippen molar-refractivity contribution in [2.75, 3.05) is 0 Å². The molecule has 2 rings (SSSR count). The molecule has 0 aliphatic carbocycles. The maximum Gasteiger partial charge on any atom is 0.243 e. The molecule has 1 heterocycles. The van der Waals surface area contributed by atoms with Crippen LogP contribution in [0.15, 0.2) is 29.7 Å². The molecular weight excluding hydrogens is 285 g/mol. The van der Waals surface area contributed by atoms with Crippen molar-refractivity contribution in [2.45, 2.75) is 10.9 Å². The highest BCUT2D eigenvalue weighted by Crippen LogP contribution is 2.24. The molecule has 0 atom stereocenters. The maximum atomic E-state index is 11.9. The molecule has 0 saturated heterocycles. The zero-order valence-corrected chi connectivity index (χ0v) is 10.7. The first-order valence-corrected chi connectivity index (χ1v) is 6.92. The lowest BCUT2D eigenvalue weighted by atomic mass is 10.2. The van der Waals surface area contributed by atoms with Gasteiger partial charge >= 0.3 is 0 Å². The van der Waals surface area contributed by atoms with Gasteiger partial charge in [-0.15, -0.1) is 0 Å². The van der Waals surface area contributed by atoms with Crippen LogP contribution < -0.4 is 0 Å². The minimum atomic E-state index is -3.56. The van der Waals surface area contributed by atoms with Crippen LogP contribution in [0.25, 0.3) is 0 Å². The first-order chi connectivity index (χ1) is 7.99. The maximum absolute atomic E-state index is 11.9. The number of aromatic nitrogens is 3. The molecule has 1 N–H and O–H groups in total. The molecule has 0 aliphatic rings. The van der Waals surface area contributed by atoms with Crippen LogP contribution in [0.3, 0.4) is 0 Å². The van der Waals surface area contributed by atoms with Gasteiger partial charge in [0, 0.05) is 10.0 Å². The summed E-state index contributed by atoms with van der Waals surface area (Å²) in [6.45, 7) is 0. The van der Waals surface area contributed by atoms with E-state index in [0.29, 0.717) is 15.6 Å². The lowest BCUT2D eigenvalue weighted by Gasteiger charge is -2.04. The summed E-state index contributed by atoms with van der Waals surface area (Å²) in [4.78, 5) is 3.61. The monoisotopic (exact) mass is 291 g/mol. The molecule has 0 saturated carbocycles. The van der Waals surface area contributed by atoms with Gasteiger partial charge in [-0.25, -0.2) is 13.4 Å². The van der Waals surface area contributed by atoms with Crippen LogP contribution in [0.5, 0.6) is 0 Å². The largest absolute Gasteiger partial charge is 0.250 e. The summed E-state index contributed by atoms with van der Waals surface area (Å²) in [6.07, 6.45) is 1.14. The van der Waals surface area contributed by atoms with E-state index >= 15 is 0 Å². The summed E-state index contributed by atoms with van der Waals surface area (Å²) in [5.41, 5.74) is 0.465. The van der Waals surface area contributed by atoms with Crippen LogP contribution in [-0.2, 0) is 15.6 Å². The molecule has 1 aromatic carbocycles. The van der Waals surface area contributed by atoms with E-state index in [0.717, 1.165) is 6.33 Å². The summed E-state index contributed by atoms with van der Waals surface area (Å²) >= 11 is 11.6. The molecule has 17 heavy (non-hydrogen) atoms. The Morgan fingerprint density at radius 1 is 1.29 bits per heavy atom. The Labute approximate surface area is 108 Å². The van der Waals surface area contributed by atoms with Crippen LogP contribution in [0.2, 0.25) is 10.0 Å². The summed E-state index contributed by atoms with van der Waals surface area (Å²) in [5, 5.41) is 6.39. The Morgan fingerprint density at radius 2 is 2.06 bits per heavy atom. The van der Waals surface area contributed by atoms with Crippen molar-refractivity contribution in [3.8, 4) is 0 Å². The van der Waals surface area contributed by atoms with Gasteiger partial charge in [-0.3, -0.25) is 5.10 Å². The first-order valence-electron chi connectivity index (χ1n) is 4.51. The summed E-state index contributed by atoms with van der Waals surface area (Å²) < 4.78 is 23.7. The molecule has 0 bridgehead atoms. The van der Waals surface area contributed by atoms with E-state index in [1.165, 1.54) is 6.07 Å². The molecule has 0 radical (unpaired) electrons. The van der Waals surface area contributed by atoms with Gasteiger partial charge in [-0.1, -0.05) is 29.3 Å². The third kappa shape index (κ3) is 2.77. The van der Waals surface area contributed by atoms with Crippen molar-refractivity contribution < 1.29 is 8.42 Å². The van der Waals surface area contributed by atoms with E-state index in [-0.39, 0.29) is 10.9 Å². The van der Waals surface area contributed by atoms with Gasteiger partial charge in [-0.05, 0) is 17.7 Å². The normalized spacial score (nSPS) is 11.6. The second-order valence-corrected chi connectivity index (χ2v) is 6.03. The van der Waals surface area contributed by atoms with Gasteiger partial charge in [0.25, 0.3) is 0 Å². The lowest BCUT2D eigenvalue weighted by molar-refractivity contribution is 0.587. The Balaban J connectivity index is 2.33. The van der Waals surface area contributed by atoms with Crippen molar-refractivity contribution in [3.05, 3.63) is 40.1 Å². The molecular formula is C9H7Cl2N3O2S. The predicted octanol–water partition coefficient (Wildman–Crippen LogP) is 2.09. The van der Waals surface area contributed by atoms with Gasteiger partial charge < -0.3 is 0 Å². The molecule has 8 heteroatoms. The minimum absolute atomic E-state index is 0.177. The van der Waals surface area contributed by atoms with Gasteiger partial charge in [-0.2, -0.15) is 5.10 Å². The number of aromatic amines is 1. The molecule has 0 spiro atoms. The molecule has 0 amide bonds. The number of rotatable bonds is 3. The lowest BCUT2D eigenvalue weighted by Crippen LogP contribution is -2.07. The highest BCUT2D eigenvalue weighted by Gasteiger charge is 2.19. The number of sulfone groups is 1. The highest BCUT2D eigenvalue weighted by molar-refractivity contribution is 7.90. The van der Waals surface area contributed by atoms with Gasteiger partial charge in [0.05, 0.1) is 5.75 Å². The molecule has 0 aliphatic heterocycles. The Morgan fingerprint density at radius 3 is 2.65 bits per heavy atom. The Kier molecular flexibility index (Phi) is 3.37. The van der Waals surface area contributed by atoms with Gasteiger partial charge in [0.15, 0.2) is 0 Å². The fourth-order valence-electron chi connectivity index (χ4n) is 1.26. The van der Waals surface area contributed by atoms with Gasteiger partial charge in [0.1, 0.15) is 6.33 Å². The van der Waals surface area contributed by atoms with Crippen molar-refractivity contribution in [1.29, 1.82) is 0 Å². The fraction of sp³-hybridized carbons (Fsp3) is 0.111. The zero-order chi connectivity index (χ0) is 12.5. The first kappa shape index (κ1) is 12.3. The quantitative estimate of drug-likeness (QED) is 0.939. The van der Waals surface area contributed by atoms with E-state index in [1.807, 2.05) is 0 Å². The smallest absolute Gasteiger partial charge is 0.243 e. The van der Waals surface area contributed by atoms with E-state index in [2.05, 4.69) is 15.2 Å². The van der Waals surface area contributed by atoms with Crippen LogP contribution in [-0.4, -0.2) is 23.6 Å². The summed E-state index contributed by atoms with van der Waals surface area (Å²) in [6, 6.07) is 4.64.